The van der Waals surface area contributed by atoms with E-state index in [0.29, 0.717) is 17.8 Å². The van der Waals surface area contributed by atoms with Crippen LogP contribution in [0.3, 0.4) is 0 Å². The van der Waals surface area contributed by atoms with Crippen LogP contribution in [0.1, 0.15) is 27.0 Å². The molecule has 2 aromatic rings. The summed E-state index contributed by atoms with van der Waals surface area (Å²) in [7, 11) is 3.73. The van der Waals surface area contributed by atoms with Gasteiger partial charge in [0.15, 0.2) is 6.61 Å². The van der Waals surface area contributed by atoms with Crippen molar-refractivity contribution in [3.05, 3.63) is 58.7 Å². The highest BCUT2D eigenvalue weighted by Gasteiger charge is 2.34. The Morgan fingerprint density at radius 3 is 2.57 bits per heavy atom. The minimum Gasteiger partial charge on any atom is -0.507 e. The molecule has 0 bridgehead atoms. The first-order valence-corrected chi connectivity index (χ1v) is 10.6. The van der Waals surface area contributed by atoms with Gasteiger partial charge in [0.2, 0.25) is 5.91 Å². The second kappa shape index (κ2) is 10.3. The summed E-state index contributed by atoms with van der Waals surface area (Å²) in [5, 5.41) is 23.1. The molecule has 0 radical (unpaired) electrons. The molecule has 3 rings (SSSR count). The van der Waals surface area contributed by atoms with Crippen LogP contribution in [0.4, 0.5) is 18.9 Å². The number of nitrogens with zero attached hydrogens (tertiary/aromatic N) is 2. The van der Waals surface area contributed by atoms with Crippen molar-refractivity contribution in [3.8, 4) is 17.2 Å². The standard InChI is InChI=1S/C24H26F3N3O5/c1-14-18(31)10-19(32)21(22(14)35-13-24(25,26)27)23(34)30-11-15-6-4-7-17(16(15)12-30)28-20(33)8-5-9-29(2)3/h4-8,10,31-32H,9,11-13H2,1-3H3,(H,28,33)/b8-5+. The first-order valence-electron chi connectivity index (χ1n) is 10.6. The zero-order chi connectivity index (χ0) is 25.9. The van der Waals surface area contributed by atoms with Crippen molar-refractivity contribution in [2.75, 3.05) is 32.6 Å². The highest BCUT2D eigenvalue weighted by atomic mass is 19.4. The number of halogens is 3. The lowest BCUT2D eigenvalue weighted by molar-refractivity contribution is -0.153. The Bertz CT molecular complexity index is 1160. The summed E-state index contributed by atoms with van der Waals surface area (Å²) in [6.45, 7) is 0.315. The molecule has 3 N–H and O–H groups in total. The van der Waals surface area contributed by atoms with Crippen molar-refractivity contribution in [2.45, 2.75) is 26.2 Å². The normalized spacial score (nSPS) is 13.4. The summed E-state index contributed by atoms with van der Waals surface area (Å²) in [5.41, 5.74) is 1.32. The van der Waals surface area contributed by atoms with E-state index in [2.05, 4.69) is 5.32 Å². The molecule has 8 nitrogen and oxygen atoms in total. The van der Waals surface area contributed by atoms with Gasteiger partial charge < -0.3 is 30.1 Å². The third-order valence-corrected chi connectivity index (χ3v) is 5.34. The van der Waals surface area contributed by atoms with Gasteiger partial charge in [0.1, 0.15) is 22.8 Å². The summed E-state index contributed by atoms with van der Waals surface area (Å²) >= 11 is 0. The molecule has 1 aliphatic rings. The van der Waals surface area contributed by atoms with Crippen molar-refractivity contribution in [1.29, 1.82) is 0 Å². The Kier molecular flexibility index (Phi) is 7.59. The van der Waals surface area contributed by atoms with Crippen molar-refractivity contribution in [2.24, 2.45) is 0 Å². The van der Waals surface area contributed by atoms with E-state index in [0.717, 1.165) is 11.6 Å². The largest absolute Gasteiger partial charge is 0.507 e. The van der Waals surface area contributed by atoms with Crippen LogP contribution in [0.2, 0.25) is 0 Å². The first-order chi connectivity index (χ1) is 16.4. The van der Waals surface area contributed by atoms with Crippen molar-refractivity contribution in [1.82, 2.24) is 9.80 Å². The number of anilines is 1. The van der Waals surface area contributed by atoms with Gasteiger partial charge in [-0.05, 0) is 32.6 Å². The van der Waals surface area contributed by atoms with E-state index in [-0.39, 0.29) is 24.6 Å². The Balaban J connectivity index is 1.85. The number of hydrogen-bond acceptors (Lipinski definition) is 6. The molecule has 1 aliphatic heterocycles. The minimum absolute atomic E-state index is 0.0457. The molecular weight excluding hydrogens is 467 g/mol. The Hall–Kier alpha value is -3.73. The predicted octanol–water partition coefficient (Wildman–Crippen LogP) is 3.56. The number of likely N-dealkylation sites (N-methyl/N-ethyl adjacent to an activating group) is 1. The van der Waals surface area contributed by atoms with Crippen LogP contribution in [0.5, 0.6) is 17.2 Å². The zero-order valence-electron chi connectivity index (χ0n) is 19.4. The SMILES string of the molecule is Cc1c(O)cc(O)c(C(=O)N2Cc3cccc(NC(=O)/C=C/CN(C)C)c3C2)c1OCC(F)(F)F. The number of carbonyl (C=O) groups excluding carboxylic acids is 2. The van der Waals surface area contributed by atoms with Gasteiger partial charge in [-0.2, -0.15) is 13.2 Å². The van der Waals surface area contributed by atoms with E-state index >= 15 is 0 Å². The number of fused-ring (bicyclic) bond motifs is 1. The Morgan fingerprint density at radius 1 is 1.20 bits per heavy atom. The smallest absolute Gasteiger partial charge is 0.422 e. The van der Waals surface area contributed by atoms with Crippen molar-refractivity contribution in [3.63, 3.8) is 0 Å². The lowest BCUT2D eigenvalue weighted by atomic mass is 10.1. The fraction of sp³-hybridized carbons (Fsp3) is 0.333. The van der Waals surface area contributed by atoms with Crippen LogP contribution in [0.25, 0.3) is 0 Å². The molecular formula is C24H26F3N3O5. The maximum absolute atomic E-state index is 13.3. The van der Waals surface area contributed by atoms with Crippen LogP contribution >= 0.6 is 0 Å². The molecule has 0 unspecified atom stereocenters. The van der Waals surface area contributed by atoms with Crippen LogP contribution in [0.15, 0.2) is 36.4 Å². The molecule has 2 aromatic carbocycles. The van der Waals surface area contributed by atoms with E-state index in [1.165, 1.54) is 17.9 Å². The number of phenols is 2. The second-order valence-electron chi connectivity index (χ2n) is 8.41. The van der Waals surface area contributed by atoms with Gasteiger partial charge >= 0.3 is 6.18 Å². The number of hydrogen-bond donors (Lipinski definition) is 3. The van der Waals surface area contributed by atoms with Gasteiger partial charge in [-0.1, -0.05) is 18.2 Å². The van der Waals surface area contributed by atoms with Gasteiger partial charge in [-0.15, -0.1) is 0 Å². The topological polar surface area (TPSA) is 102 Å². The molecule has 2 amide bonds. The number of benzene rings is 2. The maximum atomic E-state index is 13.3. The molecule has 35 heavy (non-hydrogen) atoms. The third-order valence-electron chi connectivity index (χ3n) is 5.34. The fourth-order valence-corrected chi connectivity index (χ4v) is 3.66. The quantitative estimate of drug-likeness (QED) is 0.510. The van der Waals surface area contributed by atoms with Crippen molar-refractivity contribution >= 4 is 17.5 Å². The van der Waals surface area contributed by atoms with E-state index in [4.69, 9.17) is 4.74 Å². The van der Waals surface area contributed by atoms with Gasteiger partial charge in [-0.25, -0.2) is 0 Å². The number of amides is 2. The molecule has 0 saturated heterocycles. The summed E-state index contributed by atoms with van der Waals surface area (Å²) in [4.78, 5) is 28.8. The molecule has 0 aromatic heterocycles. The molecule has 0 spiro atoms. The van der Waals surface area contributed by atoms with Gasteiger partial charge in [0, 0.05) is 48.6 Å². The number of phenolic OH excluding ortho intramolecular Hbond substituents is 2. The monoisotopic (exact) mass is 493 g/mol. The number of alkyl halides is 3. The van der Waals surface area contributed by atoms with Crippen LogP contribution < -0.4 is 10.1 Å². The Morgan fingerprint density at radius 2 is 1.91 bits per heavy atom. The Labute approximate surface area is 200 Å². The molecule has 188 valence electrons. The minimum atomic E-state index is -4.69. The van der Waals surface area contributed by atoms with E-state index in [1.807, 2.05) is 19.0 Å². The fourth-order valence-electron chi connectivity index (χ4n) is 3.66. The van der Waals surface area contributed by atoms with Crippen LogP contribution in [-0.4, -0.2) is 65.3 Å². The summed E-state index contributed by atoms with van der Waals surface area (Å²) < 4.78 is 43.1. The lowest BCUT2D eigenvalue weighted by Crippen LogP contribution is -2.27. The molecule has 0 aliphatic carbocycles. The molecule has 0 fully saturated rings. The number of carbonyl (C=O) groups is 2. The van der Waals surface area contributed by atoms with Gasteiger partial charge in [0.05, 0.1) is 0 Å². The maximum Gasteiger partial charge on any atom is 0.422 e. The van der Waals surface area contributed by atoms with Gasteiger partial charge in [0.25, 0.3) is 5.91 Å². The summed E-state index contributed by atoms with van der Waals surface area (Å²) in [6.07, 6.45) is -1.59. The summed E-state index contributed by atoms with van der Waals surface area (Å²) in [5.74, 6) is -2.87. The van der Waals surface area contributed by atoms with Gasteiger partial charge in [-0.3, -0.25) is 9.59 Å². The number of nitrogens with one attached hydrogen (secondary N) is 1. The van der Waals surface area contributed by atoms with Crippen LogP contribution in [0, 0.1) is 6.92 Å². The first kappa shape index (κ1) is 25.9. The highest BCUT2D eigenvalue weighted by molar-refractivity contribution is 6.02. The number of rotatable bonds is 7. The number of ether oxygens (including phenoxy) is 1. The average Bonchev–Trinajstić information content (AvgIpc) is 3.19. The highest BCUT2D eigenvalue weighted by Crippen LogP contribution is 2.40. The van der Waals surface area contributed by atoms with E-state index < -0.39 is 41.5 Å². The summed E-state index contributed by atoms with van der Waals surface area (Å²) in [6, 6.07) is 6.05. The van der Waals surface area contributed by atoms with Crippen LogP contribution in [-0.2, 0) is 17.9 Å². The number of aromatic hydroxyl groups is 2. The molecule has 11 heteroatoms. The molecule has 1 heterocycles. The zero-order valence-corrected chi connectivity index (χ0v) is 19.4. The second-order valence-corrected chi connectivity index (χ2v) is 8.41. The van der Waals surface area contributed by atoms with E-state index in [9.17, 15) is 33.0 Å². The molecule has 0 atom stereocenters. The van der Waals surface area contributed by atoms with E-state index in [1.54, 1.807) is 24.3 Å². The average molecular weight is 493 g/mol. The lowest BCUT2D eigenvalue weighted by Gasteiger charge is -2.21. The third kappa shape index (κ3) is 6.24. The predicted molar refractivity (Wildman–Crippen MR) is 122 cm³/mol. The van der Waals surface area contributed by atoms with Crippen molar-refractivity contribution < 1.29 is 37.7 Å². The molecule has 0 saturated carbocycles.